The molecule has 0 atom stereocenters. The van der Waals surface area contributed by atoms with Crippen molar-refractivity contribution in [2.75, 3.05) is 6.61 Å². The van der Waals surface area contributed by atoms with E-state index < -0.39 is 0 Å². The number of aryl methyl sites for hydroxylation is 1. The van der Waals surface area contributed by atoms with Gasteiger partial charge in [0.05, 0.1) is 10.9 Å². The summed E-state index contributed by atoms with van der Waals surface area (Å²) in [4.78, 5) is 29.1. The molecule has 1 aliphatic heterocycles. The molecule has 4 rings (SSSR count). The first-order valence-electron chi connectivity index (χ1n) is 8.67. The minimum Gasteiger partial charge on any atom is -0.484 e. The molecule has 6 nitrogen and oxygen atoms in total. The van der Waals surface area contributed by atoms with Crippen molar-refractivity contribution in [1.82, 2.24) is 14.9 Å². The zero-order valence-corrected chi connectivity index (χ0v) is 14.3. The van der Waals surface area contributed by atoms with Crippen LogP contribution in [0.2, 0.25) is 0 Å². The van der Waals surface area contributed by atoms with Crippen LogP contribution in [-0.2, 0) is 24.3 Å². The van der Waals surface area contributed by atoms with Gasteiger partial charge >= 0.3 is 0 Å². The van der Waals surface area contributed by atoms with Crippen molar-refractivity contribution in [2.24, 2.45) is 0 Å². The van der Waals surface area contributed by atoms with Crippen LogP contribution in [0.15, 0.2) is 53.3 Å². The van der Waals surface area contributed by atoms with Crippen LogP contribution in [0.1, 0.15) is 17.8 Å². The Bertz CT molecular complexity index is 1010. The second-order valence-electron chi connectivity index (χ2n) is 6.32. The number of aromatic nitrogens is 2. The molecule has 0 spiro atoms. The lowest BCUT2D eigenvalue weighted by atomic mass is 10.2. The highest BCUT2D eigenvalue weighted by atomic mass is 16.5. The summed E-state index contributed by atoms with van der Waals surface area (Å²) in [7, 11) is 0. The molecule has 0 aliphatic carbocycles. The smallest absolute Gasteiger partial charge is 0.261 e. The van der Waals surface area contributed by atoms with Gasteiger partial charge < -0.3 is 10.1 Å². The number of carbonyl (C=O) groups is 1. The number of ether oxygens (including phenoxy) is 1. The minimum atomic E-state index is -0.210. The summed E-state index contributed by atoms with van der Waals surface area (Å²) in [6.45, 7) is 1.07. The van der Waals surface area contributed by atoms with Gasteiger partial charge in [0.25, 0.3) is 11.5 Å². The number of hydrogen-bond donors (Lipinski definition) is 1. The molecule has 0 fully saturated rings. The molecule has 0 bridgehead atoms. The Morgan fingerprint density at radius 1 is 1.19 bits per heavy atom. The predicted octanol–water partition coefficient (Wildman–Crippen LogP) is 2.04. The molecule has 2 aromatic carbocycles. The normalized spacial score (nSPS) is 12.8. The third-order valence-corrected chi connectivity index (χ3v) is 4.49. The van der Waals surface area contributed by atoms with Gasteiger partial charge in [-0.3, -0.25) is 14.2 Å². The summed E-state index contributed by atoms with van der Waals surface area (Å²) in [5.74, 6) is 1.12. The Balaban J connectivity index is 1.43. The van der Waals surface area contributed by atoms with Gasteiger partial charge in [0.2, 0.25) is 0 Å². The summed E-state index contributed by atoms with van der Waals surface area (Å²) in [5.41, 5.74) is 1.66. The maximum Gasteiger partial charge on any atom is 0.261 e. The van der Waals surface area contributed by atoms with Crippen molar-refractivity contribution in [2.45, 2.75) is 25.9 Å². The first-order valence-corrected chi connectivity index (χ1v) is 8.67. The van der Waals surface area contributed by atoms with Crippen LogP contribution in [0.3, 0.4) is 0 Å². The number of rotatable bonds is 5. The SMILES string of the molecule is O=C(COc1ccc2nc3n(c(=O)c2c1)CCC3)NCc1ccccc1. The Morgan fingerprint density at radius 2 is 2.04 bits per heavy atom. The molecular weight excluding hydrogens is 330 g/mol. The number of nitrogens with zero attached hydrogens (tertiary/aromatic N) is 2. The third-order valence-electron chi connectivity index (χ3n) is 4.49. The number of benzene rings is 2. The van der Waals surface area contributed by atoms with Gasteiger partial charge in [0.15, 0.2) is 6.61 Å². The van der Waals surface area contributed by atoms with Crippen LogP contribution < -0.4 is 15.6 Å². The molecule has 132 valence electrons. The standard InChI is InChI=1S/C20H19N3O3/c24-19(21-12-14-5-2-1-3-6-14)13-26-15-8-9-17-16(11-15)20(25)23-10-4-7-18(23)22-17/h1-3,5-6,8-9,11H,4,7,10,12-13H2,(H,21,24). The summed E-state index contributed by atoms with van der Waals surface area (Å²) in [6.07, 6.45) is 1.79. The van der Waals surface area contributed by atoms with E-state index in [4.69, 9.17) is 4.74 Å². The van der Waals surface area contributed by atoms with Crippen LogP contribution in [0.25, 0.3) is 10.9 Å². The topological polar surface area (TPSA) is 73.2 Å². The lowest BCUT2D eigenvalue weighted by Gasteiger charge is -2.09. The monoisotopic (exact) mass is 349 g/mol. The molecule has 0 radical (unpaired) electrons. The second-order valence-corrected chi connectivity index (χ2v) is 6.32. The van der Waals surface area contributed by atoms with E-state index in [2.05, 4.69) is 10.3 Å². The molecule has 1 N–H and O–H groups in total. The largest absolute Gasteiger partial charge is 0.484 e. The second kappa shape index (κ2) is 7.00. The van der Waals surface area contributed by atoms with Gasteiger partial charge in [-0.25, -0.2) is 4.98 Å². The van der Waals surface area contributed by atoms with Gasteiger partial charge in [-0.15, -0.1) is 0 Å². The van der Waals surface area contributed by atoms with Crippen LogP contribution in [-0.4, -0.2) is 22.1 Å². The van der Waals surface area contributed by atoms with Crippen molar-refractivity contribution in [3.8, 4) is 5.75 Å². The molecule has 1 amide bonds. The molecule has 0 unspecified atom stereocenters. The van der Waals surface area contributed by atoms with Crippen LogP contribution >= 0.6 is 0 Å². The average molecular weight is 349 g/mol. The van der Waals surface area contributed by atoms with E-state index in [1.54, 1.807) is 22.8 Å². The fourth-order valence-electron chi connectivity index (χ4n) is 3.15. The maximum atomic E-state index is 12.6. The molecule has 6 heteroatoms. The van der Waals surface area contributed by atoms with E-state index >= 15 is 0 Å². The molecule has 1 aliphatic rings. The summed E-state index contributed by atoms with van der Waals surface area (Å²) >= 11 is 0. The van der Waals surface area contributed by atoms with Crippen molar-refractivity contribution < 1.29 is 9.53 Å². The van der Waals surface area contributed by atoms with Crippen molar-refractivity contribution in [1.29, 1.82) is 0 Å². The highest BCUT2D eigenvalue weighted by Crippen LogP contribution is 2.19. The first-order chi connectivity index (χ1) is 12.7. The fourth-order valence-corrected chi connectivity index (χ4v) is 3.15. The first kappa shape index (κ1) is 16.3. The zero-order valence-electron chi connectivity index (χ0n) is 14.3. The fraction of sp³-hybridized carbons (Fsp3) is 0.250. The molecule has 2 heterocycles. The highest BCUT2D eigenvalue weighted by Gasteiger charge is 2.16. The third kappa shape index (κ3) is 3.31. The lowest BCUT2D eigenvalue weighted by Crippen LogP contribution is -2.28. The molecule has 0 saturated carbocycles. The van der Waals surface area contributed by atoms with Crippen LogP contribution in [0.4, 0.5) is 0 Å². The molecule has 0 saturated heterocycles. The molecule has 1 aromatic heterocycles. The molecular formula is C20H19N3O3. The Labute approximate surface area is 150 Å². The van der Waals surface area contributed by atoms with Crippen molar-refractivity contribution >= 4 is 16.8 Å². The van der Waals surface area contributed by atoms with Gasteiger partial charge in [-0.2, -0.15) is 0 Å². The van der Waals surface area contributed by atoms with Crippen LogP contribution in [0.5, 0.6) is 5.75 Å². The van der Waals surface area contributed by atoms with E-state index in [1.165, 1.54) is 0 Å². The van der Waals surface area contributed by atoms with E-state index in [1.807, 2.05) is 30.3 Å². The number of amides is 1. The average Bonchev–Trinajstić information content (AvgIpc) is 3.15. The van der Waals surface area contributed by atoms with Gasteiger partial charge in [0.1, 0.15) is 11.6 Å². The molecule has 3 aromatic rings. The van der Waals surface area contributed by atoms with Crippen molar-refractivity contribution in [3.63, 3.8) is 0 Å². The van der Waals surface area contributed by atoms with Gasteiger partial charge in [0, 0.05) is 19.5 Å². The minimum absolute atomic E-state index is 0.0403. The summed E-state index contributed by atoms with van der Waals surface area (Å²) in [6, 6.07) is 14.9. The zero-order chi connectivity index (χ0) is 17.9. The number of nitrogens with one attached hydrogen (secondary N) is 1. The Hall–Kier alpha value is -3.15. The number of carbonyl (C=O) groups excluding carboxylic acids is 1. The number of hydrogen-bond acceptors (Lipinski definition) is 4. The Kier molecular flexibility index (Phi) is 4.39. The van der Waals surface area contributed by atoms with Crippen LogP contribution in [0, 0.1) is 0 Å². The van der Waals surface area contributed by atoms with E-state index in [0.717, 1.165) is 24.2 Å². The lowest BCUT2D eigenvalue weighted by molar-refractivity contribution is -0.123. The number of fused-ring (bicyclic) bond motifs is 2. The molecule has 26 heavy (non-hydrogen) atoms. The summed E-state index contributed by atoms with van der Waals surface area (Å²) in [5, 5.41) is 3.34. The van der Waals surface area contributed by atoms with E-state index in [-0.39, 0.29) is 18.1 Å². The summed E-state index contributed by atoms with van der Waals surface area (Å²) < 4.78 is 7.27. The van der Waals surface area contributed by atoms with Gasteiger partial charge in [-0.1, -0.05) is 30.3 Å². The van der Waals surface area contributed by atoms with Crippen molar-refractivity contribution in [3.05, 3.63) is 70.3 Å². The predicted molar refractivity (Wildman–Crippen MR) is 98.1 cm³/mol. The van der Waals surface area contributed by atoms with Gasteiger partial charge in [-0.05, 0) is 30.2 Å². The highest BCUT2D eigenvalue weighted by molar-refractivity contribution is 5.80. The maximum absolute atomic E-state index is 12.6. The quantitative estimate of drug-likeness (QED) is 0.765. The Morgan fingerprint density at radius 3 is 2.88 bits per heavy atom. The van der Waals surface area contributed by atoms with E-state index in [9.17, 15) is 9.59 Å². The van der Waals surface area contributed by atoms with E-state index in [0.29, 0.717) is 29.7 Å².